The minimum absolute atomic E-state index is 0.108. The lowest BCUT2D eigenvalue weighted by Gasteiger charge is -2.12. The van der Waals surface area contributed by atoms with Gasteiger partial charge in [-0.05, 0) is 61.9 Å². The molecule has 0 spiro atoms. The summed E-state index contributed by atoms with van der Waals surface area (Å²) in [6.07, 6.45) is 1.83. The number of unbranched alkanes of at least 4 members (excludes halogenated alkanes) is 1. The molecule has 0 bridgehead atoms. The fourth-order valence-corrected chi connectivity index (χ4v) is 3.09. The second kappa shape index (κ2) is 10.2. The highest BCUT2D eigenvalue weighted by Gasteiger charge is 2.15. The smallest absolute Gasteiger partial charge is 0.338 e. The van der Waals surface area contributed by atoms with Crippen molar-refractivity contribution in [1.82, 2.24) is 0 Å². The molecule has 1 amide bonds. The van der Waals surface area contributed by atoms with Crippen LogP contribution in [0.3, 0.4) is 0 Å². The van der Waals surface area contributed by atoms with E-state index in [1.54, 1.807) is 36.4 Å². The number of esters is 1. The predicted octanol–water partition coefficient (Wildman–Crippen LogP) is 5.42. The Morgan fingerprint density at radius 1 is 1.12 bits per heavy atom. The number of hydrogen-bond donors (Lipinski definition) is 1. The first kappa shape index (κ1) is 20.3. The normalized spacial score (nSPS) is 11.7. The Morgan fingerprint density at radius 3 is 2.38 bits per heavy atom. The van der Waals surface area contributed by atoms with Crippen LogP contribution in [0, 0.1) is 0 Å². The van der Waals surface area contributed by atoms with Crippen molar-refractivity contribution in [3.05, 3.63) is 59.1 Å². The van der Waals surface area contributed by atoms with Gasteiger partial charge in [0, 0.05) is 15.6 Å². The molecule has 0 aliphatic heterocycles. The molecule has 26 heavy (non-hydrogen) atoms. The van der Waals surface area contributed by atoms with Crippen molar-refractivity contribution in [2.24, 2.45) is 0 Å². The summed E-state index contributed by atoms with van der Waals surface area (Å²) in [4.78, 5) is 25.2. The van der Waals surface area contributed by atoms with Crippen LogP contribution in [-0.2, 0) is 9.53 Å². The molecule has 1 atom stereocenters. The standard InChI is InChI=1S/C20H22ClNO3S/c1-3-4-13-25-20(24)15-5-9-17(10-6-15)22-19(23)14(2)26-18-11-7-16(21)8-12-18/h5-12,14H,3-4,13H2,1-2H3,(H,22,23)/t14-/m0/s1. The van der Waals surface area contributed by atoms with Crippen molar-refractivity contribution in [3.63, 3.8) is 0 Å². The zero-order chi connectivity index (χ0) is 18.9. The minimum atomic E-state index is -0.344. The molecule has 6 heteroatoms. The van der Waals surface area contributed by atoms with Gasteiger partial charge in [-0.3, -0.25) is 4.79 Å². The van der Waals surface area contributed by atoms with Gasteiger partial charge < -0.3 is 10.1 Å². The maximum atomic E-state index is 12.3. The van der Waals surface area contributed by atoms with E-state index in [0.29, 0.717) is 22.9 Å². The van der Waals surface area contributed by atoms with Gasteiger partial charge in [0.2, 0.25) is 5.91 Å². The number of rotatable bonds is 8. The molecule has 0 saturated carbocycles. The summed E-state index contributed by atoms with van der Waals surface area (Å²) in [5.74, 6) is -0.453. The van der Waals surface area contributed by atoms with Crippen molar-refractivity contribution >= 4 is 40.9 Å². The van der Waals surface area contributed by atoms with E-state index in [4.69, 9.17) is 16.3 Å². The number of nitrogens with one attached hydrogen (secondary N) is 1. The molecule has 0 fully saturated rings. The highest BCUT2D eigenvalue weighted by molar-refractivity contribution is 8.00. The highest BCUT2D eigenvalue weighted by atomic mass is 35.5. The maximum Gasteiger partial charge on any atom is 0.338 e. The zero-order valence-electron chi connectivity index (χ0n) is 14.8. The number of carbonyl (C=O) groups is 2. The monoisotopic (exact) mass is 391 g/mol. The van der Waals surface area contributed by atoms with Gasteiger partial charge in [-0.25, -0.2) is 4.79 Å². The lowest BCUT2D eigenvalue weighted by Crippen LogP contribution is -2.22. The summed E-state index contributed by atoms with van der Waals surface area (Å²) in [6.45, 7) is 4.30. The van der Waals surface area contributed by atoms with Crippen LogP contribution in [0.25, 0.3) is 0 Å². The first-order valence-electron chi connectivity index (χ1n) is 8.50. The lowest BCUT2D eigenvalue weighted by molar-refractivity contribution is -0.115. The van der Waals surface area contributed by atoms with Crippen LogP contribution in [0.2, 0.25) is 5.02 Å². The number of amides is 1. The Labute approximate surface area is 163 Å². The second-order valence-electron chi connectivity index (χ2n) is 5.77. The summed E-state index contributed by atoms with van der Waals surface area (Å²) in [7, 11) is 0. The average Bonchev–Trinajstić information content (AvgIpc) is 2.64. The molecule has 0 radical (unpaired) electrons. The SMILES string of the molecule is CCCCOC(=O)c1ccc(NC(=O)[C@H](C)Sc2ccc(Cl)cc2)cc1. The van der Waals surface area contributed by atoms with E-state index < -0.39 is 0 Å². The van der Waals surface area contributed by atoms with Crippen LogP contribution in [0.15, 0.2) is 53.4 Å². The van der Waals surface area contributed by atoms with E-state index in [-0.39, 0.29) is 17.1 Å². The number of hydrogen-bond acceptors (Lipinski definition) is 4. The average molecular weight is 392 g/mol. The third kappa shape index (κ3) is 6.39. The van der Waals surface area contributed by atoms with Gasteiger partial charge in [0.25, 0.3) is 0 Å². The molecule has 2 aromatic rings. The Morgan fingerprint density at radius 2 is 1.77 bits per heavy atom. The van der Waals surface area contributed by atoms with Gasteiger partial charge in [0.1, 0.15) is 0 Å². The minimum Gasteiger partial charge on any atom is -0.462 e. The summed E-state index contributed by atoms with van der Waals surface area (Å²) in [5.41, 5.74) is 1.12. The van der Waals surface area contributed by atoms with E-state index in [1.807, 2.05) is 26.0 Å². The molecular weight excluding hydrogens is 370 g/mol. The molecule has 2 rings (SSSR count). The molecule has 0 aromatic heterocycles. The Hall–Kier alpha value is -1.98. The largest absolute Gasteiger partial charge is 0.462 e. The number of ether oxygens (including phenoxy) is 1. The van der Waals surface area contributed by atoms with E-state index in [0.717, 1.165) is 17.7 Å². The van der Waals surface area contributed by atoms with Crippen molar-refractivity contribution in [2.45, 2.75) is 36.8 Å². The Balaban J connectivity index is 1.88. The molecule has 0 saturated heterocycles. The summed E-state index contributed by atoms with van der Waals surface area (Å²) < 4.78 is 5.16. The number of halogens is 1. The van der Waals surface area contributed by atoms with Gasteiger partial charge in [0.15, 0.2) is 0 Å². The number of carbonyl (C=O) groups excluding carboxylic acids is 2. The Bertz CT molecular complexity index is 732. The first-order chi connectivity index (χ1) is 12.5. The first-order valence-corrected chi connectivity index (χ1v) is 9.75. The number of anilines is 1. The summed E-state index contributed by atoms with van der Waals surface area (Å²) >= 11 is 7.32. The van der Waals surface area contributed by atoms with E-state index >= 15 is 0 Å². The second-order valence-corrected chi connectivity index (χ2v) is 7.62. The third-order valence-electron chi connectivity index (χ3n) is 3.61. The quantitative estimate of drug-likeness (QED) is 0.371. The maximum absolute atomic E-state index is 12.3. The molecular formula is C20H22ClNO3S. The number of thioether (sulfide) groups is 1. The van der Waals surface area contributed by atoms with Crippen molar-refractivity contribution in [2.75, 3.05) is 11.9 Å². The van der Waals surface area contributed by atoms with Crippen LogP contribution in [0.5, 0.6) is 0 Å². The van der Waals surface area contributed by atoms with Crippen LogP contribution < -0.4 is 5.32 Å². The number of benzene rings is 2. The molecule has 0 aliphatic carbocycles. The Kier molecular flexibility index (Phi) is 8.01. The lowest BCUT2D eigenvalue weighted by atomic mass is 10.2. The van der Waals surface area contributed by atoms with Crippen molar-refractivity contribution in [3.8, 4) is 0 Å². The third-order valence-corrected chi connectivity index (χ3v) is 4.98. The molecule has 0 heterocycles. The van der Waals surface area contributed by atoms with Crippen LogP contribution in [0.1, 0.15) is 37.0 Å². The molecule has 138 valence electrons. The highest BCUT2D eigenvalue weighted by Crippen LogP contribution is 2.25. The summed E-state index contributed by atoms with van der Waals surface area (Å²) in [6, 6.07) is 14.1. The molecule has 4 nitrogen and oxygen atoms in total. The predicted molar refractivity (Wildman–Crippen MR) is 107 cm³/mol. The van der Waals surface area contributed by atoms with E-state index in [9.17, 15) is 9.59 Å². The molecule has 0 aliphatic rings. The topological polar surface area (TPSA) is 55.4 Å². The molecule has 0 unspecified atom stereocenters. The van der Waals surface area contributed by atoms with Gasteiger partial charge >= 0.3 is 5.97 Å². The van der Waals surface area contributed by atoms with Gasteiger partial charge in [-0.15, -0.1) is 11.8 Å². The van der Waals surface area contributed by atoms with Gasteiger partial charge in [-0.2, -0.15) is 0 Å². The van der Waals surface area contributed by atoms with E-state index in [2.05, 4.69) is 5.32 Å². The van der Waals surface area contributed by atoms with Crippen molar-refractivity contribution < 1.29 is 14.3 Å². The van der Waals surface area contributed by atoms with E-state index in [1.165, 1.54) is 11.8 Å². The fraction of sp³-hybridized carbons (Fsp3) is 0.300. The van der Waals surface area contributed by atoms with Crippen LogP contribution in [-0.4, -0.2) is 23.7 Å². The zero-order valence-corrected chi connectivity index (χ0v) is 16.4. The van der Waals surface area contributed by atoms with Crippen LogP contribution >= 0.6 is 23.4 Å². The molecule has 2 aromatic carbocycles. The van der Waals surface area contributed by atoms with Gasteiger partial charge in [-0.1, -0.05) is 24.9 Å². The fourth-order valence-electron chi connectivity index (χ4n) is 2.10. The van der Waals surface area contributed by atoms with Gasteiger partial charge in [0.05, 0.1) is 17.4 Å². The summed E-state index contributed by atoms with van der Waals surface area (Å²) in [5, 5.41) is 3.25. The molecule has 1 N–H and O–H groups in total. The van der Waals surface area contributed by atoms with Crippen LogP contribution in [0.4, 0.5) is 5.69 Å². The van der Waals surface area contributed by atoms with Crippen molar-refractivity contribution in [1.29, 1.82) is 0 Å².